The van der Waals surface area contributed by atoms with Crippen LogP contribution in [0.5, 0.6) is 5.75 Å². The van der Waals surface area contributed by atoms with E-state index in [1.54, 1.807) is 12.1 Å². The number of hydrogen-bond acceptors (Lipinski definition) is 6. The van der Waals surface area contributed by atoms with Crippen molar-refractivity contribution in [1.82, 2.24) is 0 Å². The third-order valence-electron chi connectivity index (χ3n) is 4.71. The third kappa shape index (κ3) is 4.79. The first kappa shape index (κ1) is 21.3. The predicted octanol–water partition coefficient (Wildman–Crippen LogP) is 5.03. The maximum atomic E-state index is 12.5. The van der Waals surface area contributed by atoms with Crippen molar-refractivity contribution >= 4 is 23.4 Å². The van der Waals surface area contributed by atoms with E-state index in [-0.39, 0.29) is 28.3 Å². The van der Waals surface area contributed by atoms with E-state index in [0.29, 0.717) is 11.4 Å². The molecule has 0 aliphatic heterocycles. The van der Waals surface area contributed by atoms with Crippen LogP contribution < -0.4 is 10.1 Å². The van der Waals surface area contributed by atoms with Gasteiger partial charge in [-0.15, -0.1) is 0 Å². The van der Waals surface area contributed by atoms with E-state index in [4.69, 9.17) is 9.15 Å². The number of rotatable bonds is 6. The number of nitrogens with zero attached hydrogens (tertiary/aromatic N) is 2. The van der Waals surface area contributed by atoms with Crippen molar-refractivity contribution in [2.45, 2.75) is 13.8 Å². The van der Waals surface area contributed by atoms with Gasteiger partial charge in [0.25, 0.3) is 11.6 Å². The molecule has 31 heavy (non-hydrogen) atoms. The molecule has 0 saturated heterocycles. The molecule has 8 heteroatoms. The van der Waals surface area contributed by atoms with E-state index < -0.39 is 10.8 Å². The molecule has 0 bridgehead atoms. The molecule has 0 saturated carbocycles. The summed E-state index contributed by atoms with van der Waals surface area (Å²) in [7, 11) is 1.42. The molecule has 3 aromatic rings. The molecule has 1 aromatic heterocycles. The number of nitro groups is 1. The summed E-state index contributed by atoms with van der Waals surface area (Å²) in [5, 5.41) is 23.5. The molecule has 156 valence electrons. The minimum Gasteiger partial charge on any atom is -0.497 e. The van der Waals surface area contributed by atoms with E-state index >= 15 is 0 Å². The van der Waals surface area contributed by atoms with Gasteiger partial charge >= 0.3 is 0 Å². The minimum atomic E-state index is -0.584. The standard InChI is InChI=1S/C23H19N3O5/c1-14-4-5-17(10-15(14)2)25-23(27)16(13-24)11-19-7-9-22(31-19)20-8-6-18(30-3)12-21(20)26(28)29/h4-12H,1-3H3,(H,25,27). The summed E-state index contributed by atoms with van der Waals surface area (Å²) in [6.45, 7) is 3.89. The zero-order chi connectivity index (χ0) is 22.5. The molecule has 2 aromatic carbocycles. The van der Waals surface area contributed by atoms with Gasteiger partial charge in [0, 0.05) is 11.8 Å². The van der Waals surface area contributed by atoms with Crippen molar-refractivity contribution in [3.05, 3.63) is 81.1 Å². The van der Waals surface area contributed by atoms with Crippen molar-refractivity contribution in [2.75, 3.05) is 12.4 Å². The largest absolute Gasteiger partial charge is 0.497 e. The molecule has 0 fully saturated rings. The lowest BCUT2D eigenvalue weighted by Gasteiger charge is -2.07. The normalized spacial score (nSPS) is 11.0. The highest BCUT2D eigenvalue weighted by Gasteiger charge is 2.20. The van der Waals surface area contributed by atoms with E-state index in [1.165, 1.54) is 37.5 Å². The Bertz CT molecular complexity index is 1230. The van der Waals surface area contributed by atoms with Gasteiger partial charge in [-0.2, -0.15) is 5.26 Å². The summed E-state index contributed by atoms with van der Waals surface area (Å²) < 4.78 is 10.7. The molecule has 1 amide bonds. The first-order chi connectivity index (χ1) is 14.8. The van der Waals surface area contributed by atoms with Gasteiger partial charge < -0.3 is 14.5 Å². The Kier molecular flexibility index (Phi) is 6.17. The molecule has 1 N–H and O–H groups in total. The average Bonchev–Trinajstić information content (AvgIpc) is 3.22. The number of aryl methyl sites for hydroxylation is 2. The second-order valence-corrected chi connectivity index (χ2v) is 6.77. The molecular weight excluding hydrogens is 398 g/mol. The lowest BCUT2D eigenvalue weighted by atomic mass is 10.1. The fourth-order valence-electron chi connectivity index (χ4n) is 2.88. The van der Waals surface area contributed by atoms with Gasteiger partial charge in [-0.1, -0.05) is 6.07 Å². The number of methoxy groups -OCH3 is 1. The number of carbonyl (C=O) groups is 1. The van der Waals surface area contributed by atoms with Crippen molar-refractivity contribution < 1.29 is 18.9 Å². The zero-order valence-electron chi connectivity index (χ0n) is 17.1. The average molecular weight is 417 g/mol. The molecule has 8 nitrogen and oxygen atoms in total. The Morgan fingerprint density at radius 1 is 1.16 bits per heavy atom. The van der Waals surface area contributed by atoms with Gasteiger partial charge in [0.15, 0.2) is 0 Å². The summed E-state index contributed by atoms with van der Waals surface area (Å²) >= 11 is 0. The second-order valence-electron chi connectivity index (χ2n) is 6.77. The highest BCUT2D eigenvalue weighted by molar-refractivity contribution is 6.09. The molecule has 0 unspecified atom stereocenters. The van der Waals surface area contributed by atoms with Crippen LogP contribution >= 0.6 is 0 Å². The number of ether oxygens (including phenoxy) is 1. The third-order valence-corrected chi connectivity index (χ3v) is 4.71. The number of nitrogens with one attached hydrogen (secondary N) is 1. The number of nitro benzene ring substituents is 1. The Balaban J connectivity index is 1.87. The van der Waals surface area contributed by atoms with Gasteiger partial charge in [-0.3, -0.25) is 14.9 Å². The second kappa shape index (κ2) is 8.97. The first-order valence-electron chi connectivity index (χ1n) is 9.25. The highest BCUT2D eigenvalue weighted by Crippen LogP contribution is 2.34. The summed E-state index contributed by atoms with van der Waals surface area (Å²) in [6.07, 6.45) is 1.29. The first-order valence-corrected chi connectivity index (χ1v) is 9.25. The van der Waals surface area contributed by atoms with Crippen molar-refractivity contribution in [1.29, 1.82) is 5.26 Å². The monoisotopic (exact) mass is 417 g/mol. The fourth-order valence-corrected chi connectivity index (χ4v) is 2.88. The molecule has 1 heterocycles. The van der Waals surface area contributed by atoms with Crippen LogP contribution in [0.25, 0.3) is 17.4 Å². The number of nitriles is 1. The van der Waals surface area contributed by atoms with Crippen LogP contribution in [-0.4, -0.2) is 17.9 Å². The zero-order valence-corrected chi connectivity index (χ0v) is 17.1. The fraction of sp³-hybridized carbons (Fsp3) is 0.130. The van der Waals surface area contributed by atoms with Gasteiger partial charge in [0.2, 0.25) is 0 Å². The van der Waals surface area contributed by atoms with E-state index in [1.807, 2.05) is 32.0 Å². The Morgan fingerprint density at radius 3 is 2.58 bits per heavy atom. The number of carbonyl (C=O) groups excluding carboxylic acids is 1. The van der Waals surface area contributed by atoms with Crippen LogP contribution in [-0.2, 0) is 4.79 Å². The molecular formula is C23H19N3O5. The predicted molar refractivity (Wildman–Crippen MR) is 115 cm³/mol. The van der Waals surface area contributed by atoms with Crippen LogP contribution in [0.2, 0.25) is 0 Å². The number of furan rings is 1. The number of amides is 1. The van der Waals surface area contributed by atoms with Crippen LogP contribution in [0.1, 0.15) is 16.9 Å². The Labute approximate surface area is 178 Å². The quantitative estimate of drug-likeness (QED) is 0.260. The minimum absolute atomic E-state index is 0.164. The smallest absolute Gasteiger partial charge is 0.284 e. The summed E-state index contributed by atoms with van der Waals surface area (Å²) in [6, 6.07) is 14.8. The Hall–Kier alpha value is -4.38. The van der Waals surface area contributed by atoms with Gasteiger partial charge in [-0.25, -0.2) is 0 Å². The van der Waals surface area contributed by atoms with E-state index in [2.05, 4.69) is 5.32 Å². The summed E-state index contributed by atoms with van der Waals surface area (Å²) in [4.78, 5) is 23.4. The number of hydrogen-bond donors (Lipinski definition) is 1. The highest BCUT2D eigenvalue weighted by atomic mass is 16.6. The van der Waals surface area contributed by atoms with Crippen LogP contribution in [0.3, 0.4) is 0 Å². The number of benzene rings is 2. The molecule has 0 radical (unpaired) electrons. The van der Waals surface area contributed by atoms with Crippen LogP contribution in [0, 0.1) is 35.3 Å². The van der Waals surface area contributed by atoms with Crippen molar-refractivity contribution in [3.8, 4) is 23.1 Å². The maximum absolute atomic E-state index is 12.5. The van der Waals surface area contributed by atoms with Gasteiger partial charge in [-0.05, 0) is 61.4 Å². The van der Waals surface area contributed by atoms with Crippen LogP contribution in [0.4, 0.5) is 11.4 Å². The van der Waals surface area contributed by atoms with Crippen molar-refractivity contribution in [3.63, 3.8) is 0 Å². The van der Waals surface area contributed by atoms with Gasteiger partial charge in [0.05, 0.1) is 23.7 Å². The van der Waals surface area contributed by atoms with E-state index in [0.717, 1.165) is 11.1 Å². The number of anilines is 1. The molecule has 0 aliphatic rings. The molecule has 0 spiro atoms. The van der Waals surface area contributed by atoms with Crippen molar-refractivity contribution in [2.24, 2.45) is 0 Å². The van der Waals surface area contributed by atoms with Crippen LogP contribution in [0.15, 0.2) is 58.5 Å². The van der Waals surface area contributed by atoms with E-state index in [9.17, 15) is 20.2 Å². The maximum Gasteiger partial charge on any atom is 0.284 e. The summed E-state index contributed by atoms with van der Waals surface area (Å²) in [5.74, 6) is 0.204. The lowest BCUT2D eigenvalue weighted by Crippen LogP contribution is -2.13. The lowest BCUT2D eigenvalue weighted by molar-refractivity contribution is -0.384. The topological polar surface area (TPSA) is 118 Å². The Morgan fingerprint density at radius 2 is 1.94 bits per heavy atom. The molecule has 0 atom stereocenters. The molecule has 3 rings (SSSR count). The molecule has 0 aliphatic carbocycles. The van der Waals surface area contributed by atoms with Gasteiger partial charge in [0.1, 0.15) is 28.9 Å². The SMILES string of the molecule is COc1ccc(-c2ccc(C=C(C#N)C(=O)Nc3ccc(C)c(C)c3)o2)c([N+](=O)[O-])c1. The summed E-state index contributed by atoms with van der Waals surface area (Å²) in [5.41, 5.74) is 2.58.